The molecule has 2 fully saturated rings. The van der Waals surface area contributed by atoms with Gasteiger partial charge in [-0.15, -0.1) is 13.2 Å². The molecule has 4 rings (SSSR count). The molecule has 0 aromatic heterocycles. The normalized spacial score (nSPS) is 19.8. The van der Waals surface area contributed by atoms with Crippen molar-refractivity contribution < 1.29 is 40.7 Å². The minimum atomic E-state index is -4.84. The summed E-state index contributed by atoms with van der Waals surface area (Å²) < 4.78 is 80.2. The topological polar surface area (TPSA) is 79.5 Å². The molecule has 3 N–H and O–H groups in total. The molecule has 2 atom stereocenters. The number of nitrogens with one attached hydrogen (secondary N) is 3. The molecule has 2 aromatic carbocycles. The number of ether oxygens (including phenoxy) is 1. The van der Waals surface area contributed by atoms with Gasteiger partial charge in [0.1, 0.15) is 11.8 Å². The predicted molar refractivity (Wildman–Crippen MR) is 125 cm³/mol. The van der Waals surface area contributed by atoms with E-state index in [0.717, 1.165) is 43.7 Å². The Bertz CT molecular complexity index is 1120. The molecule has 0 spiro atoms. The fourth-order valence-corrected chi connectivity index (χ4v) is 4.60. The molecule has 1 heterocycles. The van der Waals surface area contributed by atoms with Crippen LogP contribution in [0.3, 0.4) is 0 Å². The Morgan fingerprint density at radius 2 is 1.66 bits per heavy atom. The number of alkyl halides is 6. The highest BCUT2D eigenvalue weighted by Gasteiger charge is 2.52. The molecule has 38 heavy (non-hydrogen) atoms. The van der Waals surface area contributed by atoms with Crippen LogP contribution in [0.25, 0.3) is 0 Å². The first-order valence-corrected chi connectivity index (χ1v) is 12.2. The number of halogens is 6. The molecule has 0 bridgehead atoms. The molecule has 0 radical (unpaired) electrons. The second kappa shape index (κ2) is 10.8. The van der Waals surface area contributed by atoms with Crippen molar-refractivity contribution in [1.82, 2.24) is 16.0 Å². The van der Waals surface area contributed by atoms with Gasteiger partial charge in [-0.3, -0.25) is 9.59 Å². The zero-order valence-corrected chi connectivity index (χ0v) is 20.2. The van der Waals surface area contributed by atoms with Gasteiger partial charge >= 0.3 is 12.5 Å². The van der Waals surface area contributed by atoms with Crippen molar-refractivity contribution in [1.29, 1.82) is 0 Å². The van der Waals surface area contributed by atoms with Crippen molar-refractivity contribution in [2.45, 2.75) is 62.1 Å². The fraction of sp³-hybridized carbons (Fsp3) is 0.462. The van der Waals surface area contributed by atoms with E-state index in [2.05, 4.69) is 20.7 Å². The number of piperidine rings is 1. The van der Waals surface area contributed by atoms with Crippen LogP contribution in [0.2, 0.25) is 0 Å². The second-order valence-electron chi connectivity index (χ2n) is 9.63. The number of carbonyl (C=O) groups excluding carboxylic acids is 2. The van der Waals surface area contributed by atoms with Crippen molar-refractivity contribution in [3.8, 4) is 5.75 Å². The molecular formula is C26H27F6N3O3. The van der Waals surface area contributed by atoms with Gasteiger partial charge in [-0.25, -0.2) is 0 Å². The maximum Gasteiger partial charge on any atom is 0.573 e. The predicted octanol–water partition coefficient (Wildman–Crippen LogP) is 4.23. The summed E-state index contributed by atoms with van der Waals surface area (Å²) in [5.74, 6) is -1.36. The molecule has 2 aromatic rings. The molecule has 1 aliphatic heterocycles. The average molecular weight is 544 g/mol. The van der Waals surface area contributed by atoms with E-state index in [9.17, 15) is 35.9 Å². The third-order valence-electron chi connectivity index (χ3n) is 6.81. The number of hydrogen-bond acceptors (Lipinski definition) is 4. The highest BCUT2D eigenvalue weighted by molar-refractivity contribution is 5.95. The van der Waals surface area contributed by atoms with E-state index in [1.165, 1.54) is 24.3 Å². The summed E-state index contributed by atoms with van der Waals surface area (Å²) in [6, 6.07) is 8.17. The standard InChI is InChI=1S/C26H27F6N3O3/c27-25(28,29)18-5-3-16(4-6-18)14-21(22(36)34-19-2-1-13-33-15-19)35-23(37)24(11-12-24)17-7-9-20(10-8-17)38-26(30,31)32/h3-10,19,21,33H,1-2,11-15H2,(H,34,36)(H,35,37)/t19-,21?/m0/s1. The monoisotopic (exact) mass is 543 g/mol. The average Bonchev–Trinajstić information content (AvgIpc) is 3.66. The highest BCUT2D eigenvalue weighted by Crippen LogP contribution is 2.49. The number of amides is 2. The van der Waals surface area contributed by atoms with Crippen molar-refractivity contribution in [2.75, 3.05) is 13.1 Å². The third kappa shape index (κ3) is 6.97. The van der Waals surface area contributed by atoms with Gasteiger partial charge in [0.05, 0.1) is 11.0 Å². The second-order valence-corrected chi connectivity index (χ2v) is 9.63. The van der Waals surface area contributed by atoms with Gasteiger partial charge in [0.25, 0.3) is 0 Å². The van der Waals surface area contributed by atoms with Crippen LogP contribution in [0.1, 0.15) is 42.4 Å². The summed E-state index contributed by atoms with van der Waals surface area (Å²) in [6.45, 7) is 1.39. The van der Waals surface area contributed by atoms with E-state index < -0.39 is 47.1 Å². The number of rotatable bonds is 8. The van der Waals surface area contributed by atoms with Crippen LogP contribution in [-0.4, -0.2) is 43.3 Å². The number of hydrogen-bond donors (Lipinski definition) is 3. The van der Waals surface area contributed by atoms with Gasteiger partial charge in [-0.05, 0) is 67.6 Å². The van der Waals surface area contributed by atoms with E-state index in [1.807, 2.05) is 0 Å². The molecular weight excluding hydrogens is 516 g/mol. The van der Waals surface area contributed by atoms with Crippen LogP contribution in [-0.2, 0) is 27.6 Å². The Morgan fingerprint density at radius 3 is 2.18 bits per heavy atom. The van der Waals surface area contributed by atoms with E-state index in [-0.39, 0.29) is 12.5 Å². The van der Waals surface area contributed by atoms with Gasteiger partial charge < -0.3 is 20.7 Å². The zero-order valence-electron chi connectivity index (χ0n) is 20.2. The minimum Gasteiger partial charge on any atom is -0.406 e. The number of benzene rings is 2. The van der Waals surface area contributed by atoms with E-state index >= 15 is 0 Å². The summed E-state index contributed by atoms with van der Waals surface area (Å²) >= 11 is 0. The lowest BCUT2D eigenvalue weighted by Gasteiger charge is -2.28. The van der Waals surface area contributed by atoms with Crippen LogP contribution in [0.5, 0.6) is 5.75 Å². The maximum atomic E-state index is 13.4. The summed E-state index contributed by atoms with van der Waals surface area (Å²) in [6.07, 6.45) is -6.92. The van der Waals surface area contributed by atoms with Gasteiger partial charge in [-0.1, -0.05) is 24.3 Å². The van der Waals surface area contributed by atoms with Gasteiger partial charge in [0.2, 0.25) is 11.8 Å². The van der Waals surface area contributed by atoms with Crippen molar-refractivity contribution in [2.24, 2.45) is 0 Å². The highest BCUT2D eigenvalue weighted by atomic mass is 19.4. The van der Waals surface area contributed by atoms with Gasteiger partial charge in [-0.2, -0.15) is 13.2 Å². The summed E-state index contributed by atoms with van der Waals surface area (Å²) in [4.78, 5) is 26.5. The van der Waals surface area contributed by atoms with E-state index in [1.54, 1.807) is 0 Å². The molecule has 1 saturated carbocycles. The van der Waals surface area contributed by atoms with Crippen LogP contribution < -0.4 is 20.7 Å². The quantitative estimate of drug-likeness (QED) is 0.436. The van der Waals surface area contributed by atoms with Gasteiger partial charge in [0, 0.05) is 19.0 Å². The molecule has 2 amide bonds. The molecule has 206 valence electrons. The Balaban J connectivity index is 1.50. The Morgan fingerprint density at radius 1 is 1.00 bits per heavy atom. The summed E-state index contributed by atoms with van der Waals surface area (Å²) in [7, 11) is 0. The van der Waals surface area contributed by atoms with Crippen LogP contribution in [0.15, 0.2) is 48.5 Å². The van der Waals surface area contributed by atoms with Gasteiger partial charge in [0.15, 0.2) is 0 Å². The summed E-state index contributed by atoms with van der Waals surface area (Å²) in [5, 5.41) is 8.83. The molecule has 2 aliphatic rings. The Kier molecular flexibility index (Phi) is 7.91. The zero-order chi connectivity index (χ0) is 27.6. The molecule has 1 saturated heterocycles. The molecule has 12 heteroatoms. The first kappa shape index (κ1) is 27.7. The summed E-state index contributed by atoms with van der Waals surface area (Å²) in [5.41, 5.74) is -0.926. The first-order valence-electron chi connectivity index (χ1n) is 12.2. The lowest BCUT2D eigenvalue weighted by molar-refractivity contribution is -0.274. The largest absolute Gasteiger partial charge is 0.573 e. The molecule has 1 aliphatic carbocycles. The van der Waals surface area contributed by atoms with Crippen molar-refractivity contribution >= 4 is 11.8 Å². The Labute approximate surface area is 215 Å². The lowest BCUT2D eigenvalue weighted by atomic mass is 9.93. The van der Waals surface area contributed by atoms with Crippen LogP contribution in [0.4, 0.5) is 26.3 Å². The van der Waals surface area contributed by atoms with Crippen LogP contribution >= 0.6 is 0 Å². The van der Waals surface area contributed by atoms with Crippen molar-refractivity contribution in [3.63, 3.8) is 0 Å². The lowest BCUT2D eigenvalue weighted by Crippen LogP contribution is -2.55. The van der Waals surface area contributed by atoms with E-state index in [0.29, 0.717) is 30.5 Å². The molecule has 1 unspecified atom stereocenters. The maximum absolute atomic E-state index is 13.4. The molecule has 6 nitrogen and oxygen atoms in total. The van der Waals surface area contributed by atoms with Crippen LogP contribution in [0, 0.1) is 0 Å². The first-order chi connectivity index (χ1) is 17.9. The third-order valence-corrected chi connectivity index (χ3v) is 6.81. The SMILES string of the molecule is O=C(N[C@H]1CCCNC1)C(Cc1ccc(C(F)(F)F)cc1)NC(=O)C1(c2ccc(OC(F)(F)F)cc2)CC1. The smallest absolute Gasteiger partial charge is 0.406 e. The fourth-order valence-electron chi connectivity index (χ4n) is 4.60. The van der Waals surface area contributed by atoms with E-state index in [4.69, 9.17) is 0 Å². The van der Waals surface area contributed by atoms with Crippen molar-refractivity contribution in [3.05, 3.63) is 65.2 Å². The number of carbonyl (C=O) groups is 2. The Hall–Kier alpha value is -3.28. The minimum absolute atomic E-state index is 0.0374.